The lowest BCUT2D eigenvalue weighted by Crippen LogP contribution is -2.16. The van der Waals surface area contributed by atoms with Gasteiger partial charge in [0.05, 0.1) is 5.69 Å². The van der Waals surface area contributed by atoms with E-state index >= 15 is 0 Å². The Balaban J connectivity index is 2.41. The number of aromatic nitrogens is 1. The van der Waals surface area contributed by atoms with Crippen LogP contribution in [0.2, 0.25) is 0 Å². The summed E-state index contributed by atoms with van der Waals surface area (Å²) in [5, 5.41) is 3.19. The first-order valence-corrected chi connectivity index (χ1v) is 5.79. The first-order valence-electron chi connectivity index (χ1n) is 5.38. The van der Waals surface area contributed by atoms with Gasteiger partial charge in [0.25, 0.3) is 0 Å². The van der Waals surface area contributed by atoms with Gasteiger partial charge in [-0.05, 0) is 25.0 Å². The Morgan fingerprint density at radius 1 is 1.41 bits per heavy atom. The molecule has 1 heterocycles. The van der Waals surface area contributed by atoms with E-state index in [9.17, 15) is 4.79 Å². The maximum atomic E-state index is 10.5. The third-order valence-corrected chi connectivity index (χ3v) is 2.40. The fraction of sp³-hybridized carbons (Fsp3) is 0.364. The smallest absolute Gasteiger partial charge is 0.217 e. The van der Waals surface area contributed by atoms with Crippen molar-refractivity contribution in [3.05, 3.63) is 24.0 Å². The molecule has 0 aliphatic carbocycles. The number of thiocarbonyl (C=S) groups is 1. The Labute approximate surface area is 106 Å². The summed E-state index contributed by atoms with van der Waals surface area (Å²) in [5.74, 6) is -0.268. The van der Waals surface area contributed by atoms with Crippen LogP contribution in [-0.2, 0) is 4.79 Å². The number of nitrogens with zero attached hydrogens (tertiary/aromatic N) is 1. The zero-order valence-electron chi connectivity index (χ0n) is 9.48. The molecule has 92 valence electrons. The Morgan fingerprint density at radius 3 is 2.82 bits per heavy atom. The fourth-order valence-corrected chi connectivity index (χ4v) is 1.55. The van der Waals surface area contributed by atoms with E-state index in [4.69, 9.17) is 23.7 Å². The largest absolute Gasteiger partial charge is 0.388 e. The first-order chi connectivity index (χ1) is 8.11. The summed E-state index contributed by atoms with van der Waals surface area (Å²) in [5.41, 5.74) is 12.0. The van der Waals surface area contributed by atoms with E-state index in [2.05, 4.69) is 10.3 Å². The van der Waals surface area contributed by atoms with Crippen LogP contribution in [0.15, 0.2) is 18.3 Å². The summed E-state index contributed by atoms with van der Waals surface area (Å²) in [6.45, 7) is 0.731. The number of rotatable bonds is 7. The highest BCUT2D eigenvalue weighted by Crippen LogP contribution is 2.12. The molecule has 0 spiro atoms. The minimum Gasteiger partial charge on any atom is -0.388 e. The van der Waals surface area contributed by atoms with E-state index in [0.717, 1.165) is 25.1 Å². The molecule has 1 aromatic heterocycles. The van der Waals surface area contributed by atoms with Crippen LogP contribution in [0.4, 0.5) is 5.69 Å². The van der Waals surface area contributed by atoms with Gasteiger partial charge in [-0.2, -0.15) is 0 Å². The summed E-state index contributed by atoms with van der Waals surface area (Å²) in [6.07, 6.45) is 3.68. The van der Waals surface area contributed by atoms with Crippen molar-refractivity contribution in [2.75, 3.05) is 11.9 Å². The number of nitrogens with one attached hydrogen (secondary N) is 1. The molecular formula is C11H16N4OS. The van der Waals surface area contributed by atoms with Crippen molar-refractivity contribution in [3.63, 3.8) is 0 Å². The highest BCUT2D eigenvalue weighted by molar-refractivity contribution is 7.80. The Bertz CT molecular complexity index is 408. The zero-order valence-corrected chi connectivity index (χ0v) is 10.3. The number of carbonyl (C=O) groups is 1. The van der Waals surface area contributed by atoms with Crippen molar-refractivity contribution in [1.29, 1.82) is 0 Å². The van der Waals surface area contributed by atoms with E-state index in [1.807, 2.05) is 12.1 Å². The molecule has 0 fully saturated rings. The van der Waals surface area contributed by atoms with Gasteiger partial charge in [0.2, 0.25) is 5.91 Å². The number of primary amides is 1. The quantitative estimate of drug-likeness (QED) is 0.492. The number of amides is 1. The number of unbranched alkanes of at least 4 members (excludes halogenated alkanes) is 1. The van der Waals surface area contributed by atoms with Crippen LogP contribution in [0.25, 0.3) is 0 Å². The summed E-state index contributed by atoms with van der Waals surface area (Å²) in [6, 6.07) is 3.68. The van der Waals surface area contributed by atoms with Gasteiger partial charge in [0, 0.05) is 19.2 Å². The zero-order chi connectivity index (χ0) is 12.7. The third kappa shape index (κ3) is 4.78. The van der Waals surface area contributed by atoms with E-state index < -0.39 is 0 Å². The van der Waals surface area contributed by atoms with Crippen molar-refractivity contribution in [3.8, 4) is 0 Å². The second-order valence-corrected chi connectivity index (χ2v) is 4.05. The average molecular weight is 252 g/mol. The number of pyridine rings is 1. The molecule has 0 bridgehead atoms. The SMILES string of the molecule is NC(=O)CCCCNc1cccnc1C(N)=S. The monoisotopic (exact) mass is 252 g/mol. The normalized spacial score (nSPS) is 9.88. The van der Waals surface area contributed by atoms with Crippen LogP contribution < -0.4 is 16.8 Å². The molecule has 5 N–H and O–H groups in total. The number of nitrogens with two attached hydrogens (primary N) is 2. The van der Waals surface area contributed by atoms with Gasteiger partial charge in [-0.1, -0.05) is 12.2 Å². The van der Waals surface area contributed by atoms with Crippen molar-refractivity contribution >= 4 is 28.8 Å². The van der Waals surface area contributed by atoms with Gasteiger partial charge in [0.15, 0.2) is 0 Å². The van der Waals surface area contributed by atoms with Crippen molar-refractivity contribution in [2.24, 2.45) is 11.5 Å². The second-order valence-electron chi connectivity index (χ2n) is 3.61. The molecule has 1 rings (SSSR count). The molecule has 6 heteroatoms. The standard InChI is InChI=1S/C11H16N4OS/c12-9(16)5-1-2-6-14-8-4-3-7-15-10(8)11(13)17/h3-4,7,14H,1-2,5-6H2,(H2,12,16)(H2,13,17). The fourth-order valence-electron chi connectivity index (χ4n) is 1.39. The maximum Gasteiger partial charge on any atom is 0.217 e. The molecule has 0 unspecified atom stereocenters. The van der Waals surface area contributed by atoms with Crippen LogP contribution >= 0.6 is 12.2 Å². The molecule has 1 aromatic rings. The van der Waals surface area contributed by atoms with Gasteiger partial charge in [0.1, 0.15) is 10.7 Å². The van der Waals surface area contributed by atoms with Gasteiger partial charge in [-0.3, -0.25) is 9.78 Å². The predicted octanol–water partition coefficient (Wildman–Crippen LogP) is 0.783. The number of anilines is 1. The third-order valence-electron chi connectivity index (χ3n) is 2.21. The van der Waals surface area contributed by atoms with Crippen LogP contribution in [0.3, 0.4) is 0 Å². The van der Waals surface area contributed by atoms with Crippen LogP contribution in [-0.4, -0.2) is 22.4 Å². The van der Waals surface area contributed by atoms with Crippen LogP contribution in [0, 0.1) is 0 Å². The Kier molecular flexibility index (Phi) is 5.35. The van der Waals surface area contributed by atoms with E-state index in [0.29, 0.717) is 12.1 Å². The molecule has 1 amide bonds. The summed E-state index contributed by atoms with van der Waals surface area (Å²) in [7, 11) is 0. The van der Waals surface area contributed by atoms with Gasteiger partial charge < -0.3 is 16.8 Å². The molecule has 0 aliphatic heterocycles. The molecule has 0 aromatic carbocycles. The summed E-state index contributed by atoms with van der Waals surface area (Å²) < 4.78 is 0. The van der Waals surface area contributed by atoms with Crippen LogP contribution in [0.1, 0.15) is 25.0 Å². The van der Waals surface area contributed by atoms with Gasteiger partial charge in [-0.25, -0.2) is 0 Å². The van der Waals surface area contributed by atoms with Gasteiger partial charge in [-0.15, -0.1) is 0 Å². The summed E-state index contributed by atoms with van der Waals surface area (Å²) >= 11 is 4.90. The molecule has 0 radical (unpaired) electrons. The number of hydrogen-bond donors (Lipinski definition) is 3. The molecule has 0 saturated heterocycles. The maximum absolute atomic E-state index is 10.5. The molecule has 0 saturated carbocycles. The molecular weight excluding hydrogens is 236 g/mol. The minimum atomic E-state index is -0.268. The second kappa shape index (κ2) is 6.80. The summed E-state index contributed by atoms with van der Waals surface area (Å²) in [4.78, 5) is 14.9. The lowest BCUT2D eigenvalue weighted by atomic mass is 10.2. The lowest BCUT2D eigenvalue weighted by Gasteiger charge is -2.09. The highest BCUT2D eigenvalue weighted by atomic mass is 32.1. The van der Waals surface area contributed by atoms with E-state index in [-0.39, 0.29) is 10.9 Å². The van der Waals surface area contributed by atoms with Crippen molar-refractivity contribution < 1.29 is 4.79 Å². The molecule has 0 atom stereocenters. The van der Waals surface area contributed by atoms with Crippen molar-refractivity contribution in [1.82, 2.24) is 4.98 Å². The van der Waals surface area contributed by atoms with E-state index in [1.54, 1.807) is 6.20 Å². The van der Waals surface area contributed by atoms with E-state index in [1.165, 1.54) is 0 Å². The molecule has 0 aliphatic rings. The molecule has 5 nitrogen and oxygen atoms in total. The van der Waals surface area contributed by atoms with Crippen LogP contribution in [0.5, 0.6) is 0 Å². The number of hydrogen-bond acceptors (Lipinski definition) is 4. The topological polar surface area (TPSA) is 94.0 Å². The first kappa shape index (κ1) is 13.4. The lowest BCUT2D eigenvalue weighted by molar-refractivity contribution is -0.118. The minimum absolute atomic E-state index is 0.268. The average Bonchev–Trinajstić information content (AvgIpc) is 2.28. The number of carbonyl (C=O) groups excluding carboxylic acids is 1. The Hall–Kier alpha value is -1.69. The predicted molar refractivity (Wildman–Crippen MR) is 71.7 cm³/mol. The Morgan fingerprint density at radius 2 is 2.18 bits per heavy atom. The molecule has 17 heavy (non-hydrogen) atoms. The highest BCUT2D eigenvalue weighted by Gasteiger charge is 2.04. The van der Waals surface area contributed by atoms with Crippen molar-refractivity contribution in [2.45, 2.75) is 19.3 Å². The van der Waals surface area contributed by atoms with Gasteiger partial charge >= 0.3 is 0 Å².